The van der Waals surface area contributed by atoms with Crippen LogP contribution in [0.25, 0.3) is 0 Å². The van der Waals surface area contributed by atoms with Gasteiger partial charge in [0.15, 0.2) is 0 Å². The molecule has 5 heteroatoms. The van der Waals surface area contributed by atoms with Crippen LogP contribution < -0.4 is 16.4 Å². The van der Waals surface area contributed by atoms with Crippen LogP contribution >= 0.6 is 0 Å². The standard InChI is InChI=1S/C14H29N3O2/c1-13(2,3)19-12(18)17-14(4,5)9-16-11-7-6-10(15)8-11/h10-11,16H,6-9,15H2,1-5H3,(H,17,18). The van der Waals surface area contributed by atoms with E-state index in [-0.39, 0.29) is 11.6 Å². The van der Waals surface area contributed by atoms with E-state index in [0.717, 1.165) is 19.3 Å². The van der Waals surface area contributed by atoms with Gasteiger partial charge in [0.05, 0.1) is 5.54 Å². The maximum atomic E-state index is 11.7. The Morgan fingerprint density at radius 2 is 1.89 bits per heavy atom. The van der Waals surface area contributed by atoms with Crippen molar-refractivity contribution in [2.45, 2.75) is 77.1 Å². The topological polar surface area (TPSA) is 76.4 Å². The van der Waals surface area contributed by atoms with Crippen LogP contribution in [0.3, 0.4) is 0 Å². The molecule has 1 amide bonds. The number of alkyl carbamates (subject to hydrolysis) is 1. The smallest absolute Gasteiger partial charge is 0.408 e. The first kappa shape index (κ1) is 16.2. The summed E-state index contributed by atoms with van der Waals surface area (Å²) < 4.78 is 5.26. The monoisotopic (exact) mass is 271 g/mol. The second-order valence-corrected chi connectivity index (χ2v) is 7.16. The Hall–Kier alpha value is -0.810. The third-order valence-corrected chi connectivity index (χ3v) is 3.15. The highest BCUT2D eigenvalue weighted by Gasteiger charge is 2.27. The summed E-state index contributed by atoms with van der Waals surface area (Å²) in [7, 11) is 0. The fraction of sp³-hybridized carbons (Fsp3) is 0.929. The Labute approximate surface area is 116 Å². The van der Waals surface area contributed by atoms with Crippen molar-refractivity contribution in [3.05, 3.63) is 0 Å². The summed E-state index contributed by atoms with van der Waals surface area (Å²) in [6, 6.07) is 0.786. The number of nitrogens with one attached hydrogen (secondary N) is 2. The van der Waals surface area contributed by atoms with Crippen molar-refractivity contribution in [3.63, 3.8) is 0 Å². The summed E-state index contributed by atoms with van der Waals surface area (Å²) in [6.45, 7) is 10.3. The molecular formula is C14H29N3O2. The third-order valence-electron chi connectivity index (χ3n) is 3.15. The zero-order chi connectivity index (χ0) is 14.7. The molecule has 0 bridgehead atoms. The van der Waals surface area contributed by atoms with Gasteiger partial charge in [0.2, 0.25) is 0 Å². The number of hydrogen-bond acceptors (Lipinski definition) is 4. The second-order valence-electron chi connectivity index (χ2n) is 7.16. The highest BCUT2D eigenvalue weighted by atomic mass is 16.6. The van der Waals surface area contributed by atoms with Crippen molar-refractivity contribution in [2.75, 3.05) is 6.54 Å². The van der Waals surface area contributed by atoms with Gasteiger partial charge in [-0.3, -0.25) is 0 Å². The van der Waals surface area contributed by atoms with E-state index in [4.69, 9.17) is 10.5 Å². The van der Waals surface area contributed by atoms with Gasteiger partial charge in [-0.1, -0.05) is 0 Å². The Kier molecular flexibility index (Phi) is 5.21. The predicted octanol–water partition coefficient (Wildman–Crippen LogP) is 1.76. The molecule has 0 aromatic rings. The van der Waals surface area contributed by atoms with E-state index >= 15 is 0 Å². The first-order valence-electron chi connectivity index (χ1n) is 7.07. The molecule has 1 aliphatic carbocycles. The van der Waals surface area contributed by atoms with Gasteiger partial charge in [0.1, 0.15) is 5.60 Å². The van der Waals surface area contributed by atoms with E-state index in [1.165, 1.54) is 0 Å². The van der Waals surface area contributed by atoms with Gasteiger partial charge in [-0.2, -0.15) is 0 Å². The fourth-order valence-corrected chi connectivity index (χ4v) is 2.23. The molecule has 0 aliphatic heterocycles. The molecule has 1 fully saturated rings. The van der Waals surface area contributed by atoms with E-state index in [1.807, 2.05) is 34.6 Å². The molecule has 0 radical (unpaired) electrons. The van der Waals surface area contributed by atoms with E-state index in [2.05, 4.69) is 10.6 Å². The average Bonchev–Trinajstić information content (AvgIpc) is 2.57. The Morgan fingerprint density at radius 1 is 1.26 bits per heavy atom. The van der Waals surface area contributed by atoms with Crippen molar-refractivity contribution in [1.82, 2.24) is 10.6 Å². The van der Waals surface area contributed by atoms with Crippen LogP contribution in [0.15, 0.2) is 0 Å². The largest absolute Gasteiger partial charge is 0.444 e. The lowest BCUT2D eigenvalue weighted by Crippen LogP contribution is -2.53. The Balaban J connectivity index is 2.32. The van der Waals surface area contributed by atoms with Gasteiger partial charge in [-0.05, 0) is 53.9 Å². The minimum atomic E-state index is -0.466. The lowest BCUT2D eigenvalue weighted by Gasteiger charge is -2.30. The van der Waals surface area contributed by atoms with E-state index < -0.39 is 5.60 Å². The number of rotatable bonds is 4. The number of amides is 1. The predicted molar refractivity (Wildman–Crippen MR) is 77.1 cm³/mol. The molecule has 0 aromatic carbocycles. The van der Waals surface area contributed by atoms with Crippen LogP contribution in [0, 0.1) is 0 Å². The van der Waals surface area contributed by atoms with E-state index in [0.29, 0.717) is 18.6 Å². The molecule has 0 heterocycles. The molecule has 2 atom stereocenters. The van der Waals surface area contributed by atoms with E-state index in [1.54, 1.807) is 0 Å². The highest BCUT2D eigenvalue weighted by molar-refractivity contribution is 5.68. The zero-order valence-electron chi connectivity index (χ0n) is 12.9. The van der Waals surface area contributed by atoms with Crippen molar-refractivity contribution in [3.8, 4) is 0 Å². The molecule has 1 aliphatic rings. The Morgan fingerprint density at radius 3 is 2.37 bits per heavy atom. The van der Waals surface area contributed by atoms with Crippen LogP contribution in [0.1, 0.15) is 53.9 Å². The quantitative estimate of drug-likeness (QED) is 0.728. The van der Waals surface area contributed by atoms with Crippen molar-refractivity contribution in [1.29, 1.82) is 0 Å². The van der Waals surface area contributed by atoms with Crippen LogP contribution in [0.4, 0.5) is 4.79 Å². The van der Waals surface area contributed by atoms with Crippen molar-refractivity contribution >= 4 is 6.09 Å². The van der Waals surface area contributed by atoms with Crippen LogP contribution in [0.5, 0.6) is 0 Å². The fourth-order valence-electron chi connectivity index (χ4n) is 2.23. The molecule has 1 rings (SSSR count). The van der Waals surface area contributed by atoms with Crippen LogP contribution in [0.2, 0.25) is 0 Å². The first-order valence-corrected chi connectivity index (χ1v) is 7.07. The minimum Gasteiger partial charge on any atom is -0.444 e. The van der Waals surface area contributed by atoms with E-state index in [9.17, 15) is 4.79 Å². The maximum Gasteiger partial charge on any atom is 0.408 e. The van der Waals surface area contributed by atoms with Gasteiger partial charge in [0.25, 0.3) is 0 Å². The second kappa shape index (κ2) is 6.09. The molecule has 0 saturated heterocycles. The van der Waals surface area contributed by atoms with Crippen molar-refractivity contribution < 1.29 is 9.53 Å². The summed E-state index contributed by atoms with van der Waals surface area (Å²) in [5.74, 6) is 0. The summed E-state index contributed by atoms with van der Waals surface area (Å²) in [5, 5.41) is 6.36. The number of carbonyl (C=O) groups is 1. The van der Waals surface area contributed by atoms with Crippen LogP contribution in [-0.2, 0) is 4.74 Å². The van der Waals surface area contributed by atoms with Gasteiger partial charge in [-0.25, -0.2) is 4.79 Å². The van der Waals surface area contributed by atoms with Gasteiger partial charge in [0, 0.05) is 18.6 Å². The summed E-state index contributed by atoms with van der Waals surface area (Å²) >= 11 is 0. The molecule has 2 unspecified atom stereocenters. The molecule has 112 valence electrons. The number of hydrogen-bond donors (Lipinski definition) is 3. The summed E-state index contributed by atoms with van der Waals surface area (Å²) in [5.41, 5.74) is 5.08. The number of carbonyl (C=O) groups excluding carboxylic acids is 1. The SMILES string of the molecule is CC(C)(CNC1CCC(N)C1)NC(=O)OC(C)(C)C. The molecule has 0 aromatic heterocycles. The van der Waals surface area contributed by atoms with Crippen molar-refractivity contribution in [2.24, 2.45) is 5.73 Å². The highest BCUT2D eigenvalue weighted by Crippen LogP contribution is 2.17. The molecule has 19 heavy (non-hydrogen) atoms. The molecule has 0 spiro atoms. The zero-order valence-corrected chi connectivity index (χ0v) is 12.9. The normalized spacial score (nSPS) is 24.3. The summed E-state index contributed by atoms with van der Waals surface area (Å²) in [4.78, 5) is 11.7. The molecule has 5 nitrogen and oxygen atoms in total. The number of ether oxygens (including phenoxy) is 1. The maximum absolute atomic E-state index is 11.7. The van der Waals surface area contributed by atoms with Gasteiger partial charge in [-0.15, -0.1) is 0 Å². The van der Waals surface area contributed by atoms with Crippen LogP contribution in [-0.4, -0.2) is 35.9 Å². The first-order chi connectivity index (χ1) is 8.57. The lowest BCUT2D eigenvalue weighted by molar-refractivity contribution is 0.0470. The van der Waals surface area contributed by atoms with Gasteiger partial charge >= 0.3 is 6.09 Å². The third kappa shape index (κ3) is 6.78. The molecule has 1 saturated carbocycles. The minimum absolute atomic E-state index is 0.319. The lowest BCUT2D eigenvalue weighted by atomic mass is 10.1. The average molecular weight is 271 g/mol. The Bertz CT molecular complexity index is 310. The summed E-state index contributed by atoms with van der Waals surface area (Å²) in [6.07, 6.45) is 2.84. The molecular weight excluding hydrogens is 242 g/mol. The van der Waals surface area contributed by atoms with Gasteiger partial charge < -0.3 is 21.1 Å². The number of nitrogens with two attached hydrogens (primary N) is 1. The molecule has 4 N–H and O–H groups in total.